The van der Waals surface area contributed by atoms with Crippen molar-refractivity contribution in [2.45, 2.75) is 36.1 Å². The summed E-state index contributed by atoms with van der Waals surface area (Å²) in [4.78, 5) is 0. The van der Waals surface area contributed by atoms with Gasteiger partial charge < -0.3 is 4.57 Å². The fraction of sp³-hybridized carbons (Fsp3) is 0.500. The van der Waals surface area contributed by atoms with Crippen LogP contribution in [-0.2, 0) is 16.9 Å². The van der Waals surface area contributed by atoms with E-state index < -0.39 is 9.84 Å². The van der Waals surface area contributed by atoms with E-state index in [2.05, 4.69) is 29.3 Å². The quantitative estimate of drug-likeness (QED) is 0.775. The zero-order valence-corrected chi connectivity index (χ0v) is 15.0. The average molecular weight is 351 g/mol. The molecule has 1 aliphatic rings. The van der Waals surface area contributed by atoms with Gasteiger partial charge in [0, 0.05) is 18.2 Å². The Labute approximate surface area is 141 Å². The van der Waals surface area contributed by atoms with Crippen LogP contribution in [0.3, 0.4) is 0 Å². The van der Waals surface area contributed by atoms with Gasteiger partial charge >= 0.3 is 0 Å². The summed E-state index contributed by atoms with van der Waals surface area (Å²) in [5, 5.41) is 9.74. The lowest BCUT2D eigenvalue weighted by Gasteiger charge is -2.14. The average Bonchev–Trinajstić information content (AvgIpc) is 3.08. The van der Waals surface area contributed by atoms with Gasteiger partial charge in [-0.2, -0.15) is 0 Å². The molecule has 7 heteroatoms. The monoisotopic (exact) mass is 351 g/mol. The topological polar surface area (TPSA) is 64.8 Å². The standard InChI is InChI=1S/C16H21N3O2S2/c1-3-14(12-7-5-4-6-8-12)22-16-18-17-15(19(16)2)13-9-10-23(20,21)11-13/h4-8,13-14H,3,9-11H2,1-2H3. The van der Waals surface area contributed by atoms with Crippen LogP contribution < -0.4 is 0 Å². The lowest BCUT2D eigenvalue weighted by molar-refractivity contribution is 0.599. The Balaban J connectivity index is 1.79. The van der Waals surface area contributed by atoms with Crippen LogP contribution in [0.5, 0.6) is 0 Å². The van der Waals surface area contributed by atoms with Gasteiger partial charge in [0.25, 0.3) is 0 Å². The van der Waals surface area contributed by atoms with Crippen molar-refractivity contribution in [1.82, 2.24) is 14.8 Å². The highest BCUT2D eigenvalue weighted by molar-refractivity contribution is 7.99. The van der Waals surface area contributed by atoms with Gasteiger partial charge in [0.15, 0.2) is 15.0 Å². The van der Waals surface area contributed by atoms with Crippen molar-refractivity contribution in [2.75, 3.05) is 11.5 Å². The third kappa shape index (κ3) is 3.61. The molecule has 0 bridgehead atoms. The molecule has 23 heavy (non-hydrogen) atoms. The molecule has 2 atom stereocenters. The van der Waals surface area contributed by atoms with E-state index in [9.17, 15) is 8.42 Å². The van der Waals surface area contributed by atoms with Gasteiger partial charge in [0.1, 0.15) is 5.82 Å². The van der Waals surface area contributed by atoms with E-state index in [0.717, 1.165) is 17.4 Å². The van der Waals surface area contributed by atoms with Crippen molar-refractivity contribution < 1.29 is 8.42 Å². The molecule has 0 spiro atoms. The Bertz CT molecular complexity index is 772. The molecule has 1 aromatic heterocycles. The summed E-state index contributed by atoms with van der Waals surface area (Å²) >= 11 is 1.69. The minimum atomic E-state index is -2.91. The molecule has 2 unspecified atom stereocenters. The summed E-state index contributed by atoms with van der Waals surface area (Å²) in [6.45, 7) is 2.16. The zero-order chi connectivity index (χ0) is 16.4. The summed E-state index contributed by atoms with van der Waals surface area (Å²) in [7, 11) is -0.979. The summed E-state index contributed by atoms with van der Waals surface area (Å²) < 4.78 is 25.3. The number of nitrogens with zero attached hydrogens (tertiary/aromatic N) is 3. The Morgan fingerprint density at radius 2 is 2.04 bits per heavy atom. The third-order valence-corrected chi connectivity index (χ3v) is 7.48. The maximum atomic E-state index is 11.7. The van der Waals surface area contributed by atoms with Crippen LogP contribution in [-0.4, -0.2) is 34.7 Å². The van der Waals surface area contributed by atoms with Crippen molar-refractivity contribution >= 4 is 21.6 Å². The van der Waals surface area contributed by atoms with Gasteiger partial charge in [-0.05, 0) is 18.4 Å². The molecule has 0 amide bonds. The van der Waals surface area contributed by atoms with Crippen LogP contribution in [0.2, 0.25) is 0 Å². The first-order valence-corrected chi connectivity index (χ1v) is 10.5. The minimum Gasteiger partial charge on any atom is -0.309 e. The van der Waals surface area contributed by atoms with Gasteiger partial charge in [-0.1, -0.05) is 49.0 Å². The van der Waals surface area contributed by atoms with Crippen LogP contribution in [0.1, 0.15) is 42.3 Å². The summed E-state index contributed by atoms with van der Waals surface area (Å²) in [6, 6.07) is 10.4. The fourth-order valence-corrected chi connectivity index (χ4v) is 5.76. The minimum absolute atomic E-state index is 0.0244. The van der Waals surface area contributed by atoms with Crippen LogP contribution in [0, 0.1) is 0 Å². The first kappa shape index (κ1) is 16.5. The predicted molar refractivity (Wildman–Crippen MR) is 92.3 cm³/mol. The highest BCUT2D eigenvalue weighted by atomic mass is 32.2. The smallest absolute Gasteiger partial charge is 0.191 e. The van der Waals surface area contributed by atoms with Crippen molar-refractivity contribution in [2.24, 2.45) is 7.05 Å². The van der Waals surface area contributed by atoms with E-state index in [-0.39, 0.29) is 17.4 Å². The van der Waals surface area contributed by atoms with Crippen LogP contribution in [0.4, 0.5) is 0 Å². The van der Waals surface area contributed by atoms with Crippen molar-refractivity contribution in [3.63, 3.8) is 0 Å². The van der Waals surface area contributed by atoms with Gasteiger partial charge in [0.2, 0.25) is 0 Å². The molecular weight excluding hydrogens is 330 g/mol. The largest absolute Gasteiger partial charge is 0.309 e. The number of hydrogen-bond donors (Lipinski definition) is 0. The van der Waals surface area contributed by atoms with E-state index in [0.29, 0.717) is 11.7 Å². The Morgan fingerprint density at radius 3 is 2.65 bits per heavy atom. The first-order valence-electron chi connectivity index (χ1n) is 7.81. The second-order valence-electron chi connectivity index (χ2n) is 5.93. The van der Waals surface area contributed by atoms with Gasteiger partial charge in [-0.25, -0.2) is 8.42 Å². The molecule has 2 aromatic rings. The number of sulfone groups is 1. The summed E-state index contributed by atoms with van der Waals surface area (Å²) in [6.07, 6.45) is 1.64. The van der Waals surface area contributed by atoms with E-state index in [1.165, 1.54) is 5.56 Å². The second kappa shape index (κ2) is 6.65. The summed E-state index contributed by atoms with van der Waals surface area (Å²) in [5.41, 5.74) is 1.27. The molecule has 3 rings (SSSR count). The number of benzene rings is 1. The Hall–Kier alpha value is -1.34. The van der Waals surface area contributed by atoms with Crippen molar-refractivity contribution in [3.05, 3.63) is 41.7 Å². The fourth-order valence-electron chi connectivity index (χ4n) is 2.96. The van der Waals surface area contributed by atoms with E-state index in [4.69, 9.17) is 0 Å². The normalized spacial score (nSPS) is 21.4. The molecule has 1 aliphatic heterocycles. The molecule has 124 valence electrons. The molecule has 1 aromatic carbocycles. The molecule has 0 N–H and O–H groups in total. The molecule has 1 fully saturated rings. The maximum absolute atomic E-state index is 11.7. The van der Waals surface area contributed by atoms with E-state index >= 15 is 0 Å². The van der Waals surface area contributed by atoms with Crippen LogP contribution >= 0.6 is 11.8 Å². The van der Waals surface area contributed by atoms with E-state index in [1.54, 1.807) is 11.8 Å². The Kier molecular flexibility index (Phi) is 4.77. The van der Waals surface area contributed by atoms with E-state index in [1.807, 2.05) is 29.8 Å². The molecule has 5 nitrogen and oxygen atoms in total. The number of aromatic nitrogens is 3. The number of hydrogen-bond acceptors (Lipinski definition) is 5. The molecular formula is C16H21N3O2S2. The van der Waals surface area contributed by atoms with Gasteiger partial charge in [-0.15, -0.1) is 10.2 Å². The molecule has 0 aliphatic carbocycles. The molecule has 2 heterocycles. The summed E-state index contributed by atoms with van der Waals surface area (Å²) in [5.74, 6) is 1.22. The van der Waals surface area contributed by atoms with Gasteiger partial charge in [-0.3, -0.25) is 0 Å². The lowest BCUT2D eigenvalue weighted by atomic mass is 10.1. The van der Waals surface area contributed by atoms with Crippen LogP contribution in [0.25, 0.3) is 0 Å². The predicted octanol–water partition coefficient (Wildman–Crippen LogP) is 2.96. The van der Waals surface area contributed by atoms with Crippen LogP contribution in [0.15, 0.2) is 35.5 Å². The second-order valence-corrected chi connectivity index (χ2v) is 9.32. The maximum Gasteiger partial charge on any atom is 0.191 e. The lowest BCUT2D eigenvalue weighted by Crippen LogP contribution is -2.09. The van der Waals surface area contributed by atoms with Crippen molar-refractivity contribution in [3.8, 4) is 0 Å². The highest BCUT2D eigenvalue weighted by Gasteiger charge is 2.32. The molecule has 0 radical (unpaired) electrons. The first-order chi connectivity index (χ1) is 11.0. The van der Waals surface area contributed by atoms with Crippen molar-refractivity contribution in [1.29, 1.82) is 0 Å². The highest BCUT2D eigenvalue weighted by Crippen LogP contribution is 2.38. The number of rotatable bonds is 5. The number of thioether (sulfide) groups is 1. The third-order valence-electron chi connectivity index (χ3n) is 4.26. The SMILES string of the molecule is CCC(Sc1nnc(C2CCS(=O)(=O)C2)n1C)c1ccccc1. The Morgan fingerprint density at radius 1 is 1.30 bits per heavy atom. The molecule has 0 saturated carbocycles. The van der Waals surface area contributed by atoms with Gasteiger partial charge in [0.05, 0.1) is 11.5 Å². The zero-order valence-electron chi connectivity index (χ0n) is 13.3. The molecule has 1 saturated heterocycles.